The van der Waals surface area contributed by atoms with Crippen LogP contribution in [-0.2, 0) is 10.0 Å². The maximum atomic E-state index is 11.9. The molecular weight excluding hydrogens is 296 g/mol. The van der Waals surface area contributed by atoms with Gasteiger partial charge in [-0.1, -0.05) is 12.1 Å². The van der Waals surface area contributed by atoms with Crippen LogP contribution >= 0.6 is 11.3 Å². The first-order valence-electron chi connectivity index (χ1n) is 5.95. The van der Waals surface area contributed by atoms with Crippen molar-refractivity contribution in [1.29, 1.82) is 0 Å². The lowest BCUT2D eigenvalue weighted by atomic mass is 10.3. The summed E-state index contributed by atoms with van der Waals surface area (Å²) in [5.74, 6) is -0.214. The Labute approximate surface area is 121 Å². The van der Waals surface area contributed by atoms with Gasteiger partial charge in [0.2, 0.25) is 10.0 Å². The molecular formula is C13H14N2O3S2. The summed E-state index contributed by atoms with van der Waals surface area (Å²) in [6.07, 6.45) is 0. The summed E-state index contributed by atoms with van der Waals surface area (Å²) in [6, 6.07) is 10.1. The minimum absolute atomic E-state index is 0.00121. The molecule has 2 rings (SSSR count). The van der Waals surface area contributed by atoms with Crippen LogP contribution in [0.5, 0.6) is 0 Å². The summed E-state index contributed by atoms with van der Waals surface area (Å²) in [7, 11) is -3.32. The molecule has 1 heterocycles. The molecule has 0 aliphatic heterocycles. The van der Waals surface area contributed by atoms with Crippen molar-refractivity contribution in [2.75, 3.05) is 15.8 Å². The molecule has 0 spiro atoms. The number of rotatable bonds is 5. The quantitative estimate of drug-likeness (QED) is 0.891. The maximum Gasteiger partial charge on any atom is 0.265 e. The van der Waals surface area contributed by atoms with Crippen LogP contribution in [0, 0.1) is 0 Å². The van der Waals surface area contributed by atoms with Gasteiger partial charge in [0.25, 0.3) is 5.91 Å². The van der Waals surface area contributed by atoms with Gasteiger partial charge in [0.05, 0.1) is 16.3 Å². The lowest BCUT2D eigenvalue weighted by Gasteiger charge is -2.08. The topological polar surface area (TPSA) is 75.3 Å². The van der Waals surface area contributed by atoms with Crippen LogP contribution in [0.4, 0.5) is 11.4 Å². The molecule has 0 bridgehead atoms. The fourth-order valence-electron chi connectivity index (χ4n) is 1.51. The molecule has 7 heteroatoms. The van der Waals surface area contributed by atoms with Gasteiger partial charge in [0.15, 0.2) is 0 Å². The Morgan fingerprint density at radius 2 is 1.95 bits per heavy atom. The highest BCUT2D eigenvalue weighted by Crippen LogP contribution is 2.18. The van der Waals surface area contributed by atoms with Gasteiger partial charge in [-0.25, -0.2) is 8.42 Å². The smallest absolute Gasteiger partial charge is 0.265 e. The number of carbonyl (C=O) groups excluding carboxylic acids is 1. The van der Waals surface area contributed by atoms with E-state index in [-0.39, 0.29) is 11.7 Å². The van der Waals surface area contributed by atoms with Crippen LogP contribution in [-0.4, -0.2) is 20.1 Å². The predicted molar refractivity (Wildman–Crippen MR) is 81.8 cm³/mol. The first kappa shape index (κ1) is 14.5. The minimum atomic E-state index is -3.32. The van der Waals surface area contributed by atoms with E-state index in [1.165, 1.54) is 11.3 Å². The molecule has 106 valence electrons. The lowest BCUT2D eigenvalue weighted by molar-refractivity contribution is 0.103. The first-order valence-corrected chi connectivity index (χ1v) is 8.49. The standard InChI is InChI=1S/C13H14N2O3S2/c1-2-20(17,18)15-11-6-3-5-10(9-11)14-13(16)12-7-4-8-19-12/h3-9,15H,2H2,1H3,(H,14,16). The first-order chi connectivity index (χ1) is 9.50. The van der Waals surface area contributed by atoms with Gasteiger partial charge in [0, 0.05) is 5.69 Å². The Morgan fingerprint density at radius 1 is 1.20 bits per heavy atom. The number of hydrogen-bond donors (Lipinski definition) is 2. The van der Waals surface area contributed by atoms with Crippen molar-refractivity contribution in [2.24, 2.45) is 0 Å². The second-order valence-electron chi connectivity index (χ2n) is 4.02. The van der Waals surface area contributed by atoms with Crippen LogP contribution in [0.15, 0.2) is 41.8 Å². The highest BCUT2D eigenvalue weighted by Gasteiger charge is 2.09. The Bertz CT molecular complexity index is 694. The van der Waals surface area contributed by atoms with E-state index in [4.69, 9.17) is 0 Å². The van der Waals surface area contributed by atoms with E-state index in [1.807, 2.05) is 5.38 Å². The van der Waals surface area contributed by atoms with Gasteiger partial charge in [-0.05, 0) is 36.6 Å². The van der Waals surface area contributed by atoms with E-state index < -0.39 is 10.0 Å². The molecule has 0 saturated carbocycles. The molecule has 0 aliphatic carbocycles. The molecule has 0 atom stereocenters. The van der Waals surface area contributed by atoms with E-state index in [0.29, 0.717) is 16.3 Å². The van der Waals surface area contributed by atoms with Crippen molar-refractivity contribution in [1.82, 2.24) is 0 Å². The summed E-state index contributed by atoms with van der Waals surface area (Å²) in [6.45, 7) is 1.56. The van der Waals surface area contributed by atoms with Crippen LogP contribution in [0.25, 0.3) is 0 Å². The Kier molecular flexibility index (Phi) is 4.41. The largest absolute Gasteiger partial charge is 0.321 e. The van der Waals surface area contributed by atoms with E-state index in [1.54, 1.807) is 43.3 Å². The highest BCUT2D eigenvalue weighted by atomic mass is 32.2. The van der Waals surface area contributed by atoms with E-state index >= 15 is 0 Å². The zero-order valence-corrected chi connectivity index (χ0v) is 12.4. The molecule has 0 unspecified atom stereocenters. The van der Waals surface area contributed by atoms with Crippen molar-refractivity contribution < 1.29 is 13.2 Å². The third-order valence-electron chi connectivity index (χ3n) is 2.52. The van der Waals surface area contributed by atoms with Gasteiger partial charge in [-0.3, -0.25) is 9.52 Å². The summed E-state index contributed by atoms with van der Waals surface area (Å²) >= 11 is 1.34. The number of amides is 1. The summed E-state index contributed by atoms with van der Waals surface area (Å²) in [5, 5.41) is 4.55. The van der Waals surface area contributed by atoms with E-state index in [2.05, 4.69) is 10.0 Å². The van der Waals surface area contributed by atoms with Gasteiger partial charge < -0.3 is 5.32 Å². The number of anilines is 2. The van der Waals surface area contributed by atoms with Crippen molar-refractivity contribution in [2.45, 2.75) is 6.92 Å². The Balaban J connectivity index is 2.12. The average Bonchev–Trinajstić information content (AvgIpc) is 2.92. The van der Waals surface area contributed by atoms with Crippen LogP contribution in [0.2, 0.25) is 0 Å². The molecule has 1 aromatic carbocycles. The van der Waals surface area contributed by atoms with Gasteiger partial charge in [0.1, 0.15) is 0 Å². The third-order valence-corrected chi connectivity index (χ3v) is 4.69. The van der Waals surface area contributed by atoms with Crippen molar-refractivity contribution in [3.63, 3.8) is 0 Å². The Morgan fingerprint density at radius 3 is 2.60 bits per heavy atom. The molecule has 1 aromatic heterocycles. The van der Waals surface area contributed by atoms with Crippen molar-refractivity contribution >= 4 is 38.6 Å². The molecule has 1 amide bonds. The molecule has 0 fully saturated rings. The summed E-state index contributed by atoms with van der Waals surface area (Å²) < 4.78 is 25.4. The van der Waals surface area contributed by atoms with Crippen molar-refractivity contribution in [3.8, 4) is 0 Å². The second kappa shape index (κ2) is 6.06. The number of carbonyl (C=O) groups is 1. The lowest BCUT2D eigenvalue weighted by Crippen LogP contribution is -2.15. The van der Waals surface area contributed by atoms with Gasteiger partial charge in [-0.15, -0.1) is 11.3 Å². The molecule has 2 N–H and O–H groups in total. The number of benzene rings is 1. The summed E-state index contributed by atoms with van der Waals surface area (Å²) in [4.78, 5) is 12.5. The van der Waals surface area contributed by atoms with Gasteiger partial charge >= 0.3 is 0 Å². The number of hydrogen-bond acceptors (Lipinski definition) is 4. The number of nitrogens with one attached hydrogen (secondary N) is 2. The minimum Gasteiger partial charge on any atom is -0.321 e. The molecule has 0 aliphatic rings. The predicted octanol–water partition coefficient (Wildman–Crippen LogP) is 2.76. The zero-order valence-electron chi connectivity index (χ0n) is 10.8. The van der Waals surface area contributed by atoms with Crippen LogP contribution < -0.4 is 10.0 Å². The van der Waals surface area contributed by atoms with Crippen molar-refractivity contribution in [3.05, 3.63) is 46.7 Å². The monoisotopic (exact) mass is 310 g/mol. The van der Waals surface area contributed by atoms with Crippen LogP contribution in [0.3, 0.4) is 0 Å². The van der Waals surface area contributed by atoms with E-state index in [9.17, 15) is 13.2 Å². The molecule has 0 radical (unpaired) electrons. The SMILES string of the molecule is CCS(=O)(=O)Nc1cccc(NC(=O)c2cccs2)c1. The Hall–Kier alpha value is -1.86. The highest BCUT2D eigenvalue weighted by molar-refractivity contribution is 7.92. The summed E-state index contributed by atoms with van der Waals surface area (Å²) in [5.41, 5.74) is 0.968. The van der Waals surface area contributed by atoms with Crippen LogP contribution in [0.1, 0.15) is 16.6 Å². The molecule has 20 heavy (non-hydrogen) atoms. The molecule has 0 saturated heterocycles. The third kappa shape index (κ3) is 3.82. The molecule has 2 aromatic rings. The molecule has 5 nitrogen and oxygen atoms in total. The second-order valence-corrected chi connectivity index (χ2v) is 6.98. The van der Waals surface area contributed by atoms with E-state index in [0.717, 1.165) is 0 Å². The number of sulfonamides is 1. The fraction of sp³-hybridized carbons (Fsp3) is 0.154. The van der Waals surface area contributed by atoms with Gasteiger partial charge in [-0.2, -0.15) is 0 Å². The maximum absolute atomic E-state index is 11.9. The number of thiophene rings is 1. The zero-order chi connectivity index (χ0) is 14.6. The normalized spacial score (nSPS) is 11.1. The fourth-order valence-corrected chi connectivity index (χ4v) is 2.76. The average molecular weight is 310 g/mol.